The van der Waals surface area contributed by atoms with Crippen LogP contribution in [0.15, 0.2) is 18.7 Å². The average molecular weight is 282 g/mol. The Labute approximate surface area is 110 Å². The van der Waals surface area contributed by atoms with Crippen LogP contribution in [0.4, 0.5) is 0 Å². The summed E-state index contributed by atoms with van der Waals surface area (Å²) in [7, 11) is 4.99. The van der Waals surface area contributed by atoms with Gasteiger partial charge in [0, 0.05) is 33.3 Å². The first kappa shape index (κ1) is 12.4. The fourth-order valence-corrected chi connectivity index (χ4v) is 3.16. The van der Waals surface area contributed by atoms with Crippen LogP contribution >= 0.6 is 18.9 Å². The summed E-state index contributed by atoms with van der Waals surface area (Å²) in [6.45, 7) is 0.732. The van der Waals surface area contributed by atoms with E-state index in [9.17, 15) is 0 Å². The molecule has 0 aromatic carbocycles. The molecule has 3 rings (SSSR count). The molecule has 3 heterocycles. The van der Waals surface area contributed by atoms with Gasteiger partial charge in [-0.25, -0.2) is 9.97 Å². The molecule has 1 fully saturated rings. The SMILES string of the molecule is POCC1CCC(c2cn(P)c3cncnc23)N1. The largest absolute Gasteiger partial charge is 0.364 e. The minimum atomic E-state index is 0.356. The van der Waals surface area contributed by atoms with Gasteiger partial charge in [-0.15, -0.1) is 0 Å². The van der Waals surface area contributed by atoms with Gasteiger partial charge in [0.1, 0.15) is 6.33 Å². The number of nitrogens with one attached hydrogen (secondary N) is 1. The number of nitrogens with zero attached hydrogens (tertiary/aromatic N) is 3. The summed E-state index contributed by atoms with van der Waals surface area (Å²) in [5, 5.41) is 3.59. The molecule has 2 aromatic rings. The van der Waals surface area contributed by atoms with E-state index in [1.54, 1.807) is 6.33 Å². The molecule has 4 unspecified atom stereocenters. The van der Waals surface area contributed by atoms with Crippen molar-refractivity contribution in [1.29, 1.82) is 0 Å². The Balaban J connectivity index is 1.91. The minimum Gasteiger partial charge on any atom is -0.364 e. The highest BCUT2D eigenvalue weighted by atomic mass is 31.0. The van der Waals surface area contributed by atoms with Crippen LogP contribution in [0.5, 0.6) is 0 Å². The molecule has 1 aliphatic rings. The monoisotopic (exact) mass is 282 g/mol. The van der Waals surface area contributed by atoms with E-state index in [-0.39, 0.29) is 0 Å². The van der Waals surface area contributed by atoms with Crippen LogP contribution in [0, 0.1) is 0 Å². The van der Waals surface area contributed by atoms with Gasteiger partial charge in [-0.2, -0.15) is 0 Å². The number of rotatable bonds is 3. The summed E-state index contributed by atoms with van der Waals surface area (Å²) >= 11 is 0. The molecule has 5 nitrogen and oxygen atoms in total. The zero-order valence-corrected chi connectivity index (χ0v) is 12.2. The first-order valence-electron chi connectivity index (χ1n) is 5.93. The first-order valence-corrected chi connectivity index (χ1v) is 6.92. The van der Waals surface area contributed by atoms with Gasteiger partial charge in [-0.05, 0) is 22.2 Å². The van der Waals surface area contributed by atoms with Crippen molar-refractivity contribution < 1.29 is 4.52 Å². The molecule has 4 atom stereocenters. The van der Waals surface area contributed by atoms with Crippen molar-refractivity contribution in [2.45, 2.75) is 24.9 Å². The molecular formula is C11H16N4OP2. The van der Waals surface area contributed by atoms with E-state index in [2.05, 4.69) is 40.3 Å². The second-order valence-electron chi connectivity index (χ2n) is 4.58. The van der Waals surface area contributed by atoms with Gasteiger partial charge in [-0.3, -0.25) is 0 Å². The Morgan fingerprint density at radius 1 is 1.50 bits per heavy atom. The number of fused-ring (bicyclic) bond motifs is 1. The lowest BCUT2D eigenvalue weighted by molar-refractivity contribution is 0.314. The third-order valence-corrected chi connectivity index (χ3v) is 4.06. The Bertz CT molecular complexity index is 559. The maximum absolute atomic E-state index is 5.12. The fourth-order valence-electron chi connectivity index (χ4n) is 2.58. The number of hydrogen-bond donors (Lipinski definition) is 1. The van der Waals surface area contributed by atoms with Gasteiger partial charge < -0.3 is 14.2 Å². The van der Waals surface area contributed by atoms with Crippen molar-refractivity contribution in [3.8, 4) is 0 Å². The normalized spacial score (nSPS) is 23.9. The molecular weight excluding hydrogens is 266 g/mol. The Morgan fingerprint density at radius 3 is 3.22 bits per heavy atom. The predicted octanol–water partition coefficient (Wildman–Crippen LogP) is 1.67. The van der Waals surface area contributed by atoms with E-state index in [0.29, 0.717) is 12.1 Å². The molecule has 0 spiro atoms. The van der Waals surface area contributed by atoms with Crippen LogP contribution in [-0.2, 0) is 4.52 Å². The lowest BCUT2D eigenvalue weighted by Crippen LogP contribution is -2.27. The van der Waals surface area contributed by atoms with Gasteiger partial charge >= 0.3 is 0 Å². The summed E-state index contributed by atoms with van der Waals surface area (Å²) in [5.74, 6) is 0. The maximum Gasteiger partial charge on any atom is 0.116 e. The van der Waals surface area contributed by atoms with E-state index >= 15 is 0 Å². The minimum absolute atomic E-state index is 0.356. The van der Waals surface area contributed by atoms with Crippen LogP contribution in [0.1, 0.15) is 24.4 Å². The van der Waals surface area contributed by atoms with Crippen molar-refractivity contribution in [2.24, 2.45) is 0 Å². The van der Waals surface area contributed by atoms with E-state index in [1.807, 2.05) is 10.5 Å². The molecule has 1 saturated heterocycles. The zero-order chi connectivity index (χ0) is 12.5. The third-order valence-electron chi connectivity index (χ3n) is 3.44. The Kier molecular flexibility index (Phi) is 3.58. The molecule has 1 N–H and O–H groups in total. The van der Waals surface area contributed by atoms with Gasteiger partial charge in [-0.1, -0.05) is 0 Å². The predicted molar refractivity (Wildman–Crippen MR) is 77.2 cm³/mol. The van der Waals surface area contributed by atoms with Crippen molar-refractivity contribution in [3.05, 3.63) is 24.3 Å². The summed E-state index contributed by atoms with van der Waals surface area (Å²) in [4.78, 5) is 8.47. The molecule has 0 saturated carbocycles. The molecule has 18 heavy (non-hydrogen) atoms. The molecule has 0 bridgehead atoms. The standard InChI is InChI=1S/C11H16N4OP2/c17-15-4-8(11-10(15)3-12-6-13-11)9-2-1-7(14-9)5-16-18/h3-4,6-7,9,14H,1-2,5,17-18H2. The van der Waals surface area contributed by atoms with E-state index in [0.717, 1.165) is 30.5 Å². The topological polar surface area (TPSA) is 52.0 Å². The molecule has 0 amide bonds. The van der Waals surface area contributed by atoms with Crippen LogP contribution in [-0.4, -0.2) is 27.0 Å². The van der Waals surface area contributed by atoms with Gasteiger partial charge in [0.25, 0.3) is 0 Å². The number of hydrogen-bond acceptors (Lipinski definition) is 4. The van der Waals surface area contributed by atoms with Crippen molar-refractivity contribution in [2.75, 3.05) is 6.61 Å². The summed E-state index contributed by atoms with van der Waals surface area (Å²) in [5.41, 5.74) is 3.32. The van der Waals surface area contributed by atoms with Crippen LogP contribution in [0.3, 0.4) is 0 Å². The Hall–Kier alpha value is -0.600. The zero-order valence-electron chi connectivity index (χ0n) is 9.91. The fraction of sp³-hybridized carbons (Fsp3) is 0.455. The second-order valence-corrected chi connectivity index (χ2v) is 5.46. The van der Waals surface area contributed by atoms with Gasteiger partial charge in [0.2, 0.25) is 0 Å². The molecule has 1 aliphatic heterocycles. The highest BCUT2D eigenvalue weighted by Gasteiger charge is 2.27. The molecule has 0 aliphatic carbocycles. The maximum atomic E-state index is 5.12. The smallest absolute Gasteiger partial charge is 0.116 e. The lowest BCUT2D eigenvalue weighted by Gasteiger charge is -2.12. The van der Waals surface area contributed by atoms with E-state index in [4.69, 9.17) is 4.52 Å². The van der Waals surface area contributed by atoms with Gasteiger partial charge in [0.05, 0.1) is 23.8 Å². The average Bonchev–Trinajstić information content (AvgIpc) is 2.96. The highest BCUT2D eigenvalue weighted by Crippen LogP contribution is 2.32. The van der Waals surface area contributed by atoms with E-state index < -0.39 is 0 Å². The van der Waals surface area contributed by atoms with Crippen LogP contribution in [0.25, 0.3) is 11.0 Å². The first-order chi connectivity index (χ1) is 8.79. The quantitative estimate of drug-likeness (QED) is 0.870. The van der Waals surface area contributed by atoms with Crippen molar-refractivity contribution >= 4 is 29.9 Å². The van der Waals surface area contributed by atoms with Crippen LogP contribution < -0.4 is 5.32 Å². The molecule has 7 heteroatoms. The van der Waals surface area contributed by atoms with Crippen molar-refractivity contribution in [3.63, 3.8) is 0 Å². The molecule has 96 valence electrons. The van der Waals surface area contributed by atoms with Crippen LogP contribution in [0.2, 0.25) is 0 Å². The number of aromatic nitrogens is 3. The third kappa shape index (κ3) is 2.17. The van der Waals surface area contributed by atoms with Crippen molar-refractivity contribution in [1.82, 2.24) is 19.6 Å². The highest BCUT2D eigenvalue weighted by molar-refractivity contribution is 7.14. The second kappa shape index (κ2) is 5.18. The summed E-state index contributed by atoms with van der Waals surface area (Å²) < 4.78 is 7.13. The summed E-state index contributed by atoms with van der Waals surface area (Å²) in [6, 6.07) is 0.784. The Morgan fingerprint density at radius 2 is 2.39 bits per heavy atom. The van der Waals surface area contributed by atoms with E-state index in [1.165, 1.54) is 5.56 Å². The summed E-state index contributed by atoms with van der Waals surface area (Å²) in [6.07, 6.45) is 7.82. The molecule has 2 aromatic heterocycles. The molecule has 0 radical (unpaired) electrons. The lowest BCUT2D eigenvalue weighted by atomic mass is 10.1. The van der Waals surface area contributed by atoms with Gasteiger partial charge in [0.15, 0.2) is 0 Å².